The molecule has 0 saturated carbocycles. The van der Waals surface area contributed by atoms with Gasteiger partial charge >= 0.3 is 0 Å². The van der Waals surface area contributed by atoms with Gasteiger partial charge in [0.15, 0.2) is 0 Å². The van der Waals surface area contributed by atoms with Crippen molar-refractivity contribution in [3.63, 3.8) is 0 Å². The lowest BCUT2D eigenvalue weighted by Gasteiger charge is -2.13. The van der Waals surface area contributed by atoms with E-state index < -0.39 is 0 Å². The van der Waals surface area contributed by atoms with Crippen LogP contribution in [0, 0.1) is 0 Å². The Morgan fingerprint density at radius 1 is 1.24 bits per heavy atom. The highest BCUT2D eigenvalue weighted by atomic mass is 35.5. The van der Waals surface area contributed by atoms with Gasteiger partial charge in [-0.05, 0) is 35.6 Å². The highest BCUT2D eigenvalue weighted by Gasteiger charge is 2.22. The van der Waals surface area contributed by atoms with Gasteiger partial charge in [0.25, 0.3) is 0 Å². The molecule has 0 unspecified atom stereocenters. The van der Waals surface area contributed by atoms with E-state index in [0.717, 1.165) is 12.8 Å². The Morgan fingerprint density at radius 3 is 3.00 bits per heavy atom. The number of nitrogens with one attached hydrogen (secondary N) is 1. The van der Waals surface area contributed by atoms with Crippen LogP contribution in [0.3, 0.4) is 0 Å². The number of benzene rings is 1. The van der Waals surface area contributed by atoms with Crippen LogP contribution in [-0.2, 0) is 6.42 Å². The molecule has 4 nitrogen and oxygen atoms in total. The quantitative estimate of drug-likeness (QED) is 0.885. The summed E-state index contributed by atoms with van der Waals surface area (Å²) in [4.78, 5) is 11.9. The first-order chi connectivity index (χ1) is 8.33. The number of hydrogen-bond donors (Lipinski definition) is 1. The molecule has 0 aliphatic heterocycles. The molecule has 0 radical (unpaired) electrons. The molecule has 0 amide bonds. The zero-order valence-corrected chi connectivity index (χ0v) is 9.85. The second-order valence-electron chi connectivity index (χ2n) is 4.01. The van der Waals surface area contributed by atoms with Gasteiger partial charge in [0, 0.05) is 0 Å². The third-order valence-electron chi connectivity index (χ3n) is 2.98. The van der Waals surface area contributed by atoms with Gasteiger partial charge in [-0.2, -0.15) is 4.98 Å². The fraction of sp³-hybridized carbons (Fsp3) is 0.250. The highest BCUT2D eigenvalue weighted by molar-refractivity contribution is 6.28. The van der Waals surface area contributed by atoms with Crippen LogP contribution in [0.1, 0.15) is 23.6 Å². The number of aryl methyl sites for hydroxylation is 1. The number of anilines is 1. The number of fused-ring (bicyclic) bond motifs is 1. The third kappa shape index (κ3) is 2.08. The fourth-order valence-electron chi connectivity index (χ4n) is 2.21. The van der Waals surface area contributed by atoms with E-state index in [4.69, 9.17) is 11.6 Å². The van der Waals surface area contributed by atoms with Crippen molar-refractivity contribution in [3.8, 4) is 0 Å². The minimum Gasteiger partial charge on any atom is -0.347 e. The predicted molar refractivity (Wildman–Crippen MR) is 66.0 cm³/mol. The molecule has 1 atom stereocenters. The molecule has 0 saturated heterocycles. The van der Waals surface area contributed by atoms with Crippen molar-refractivity contribution in [2.45, 2.75) is 18.9 Å². The third-order valence-corrected chi connectivity index (χ3v) is 3.16. The van der Waals surface area contributed by atoms with Gasteiger partial charge in [-0.15, -0.1) is 0 Å². The van der Waals surface area contributed by atoms with E-state index in [1.165, 1.54) is 17.5 Å². The Labute approximate surface area is 104 Å². The van der Waals surface area contributed by atoms with Crippen molar-refractivity contribution >= 4 is 17.5 Å². The molecule has 5 heteroatoms. The maximum Gasteiger partial charge on any atom is 0.227 e. The Morgan fingerprint density at radius 2 is 2.12 bits per heavy atom. The van der Waals surface area contributed by atoms with Crippen LogP contribution in [0.2, 0.25) is 5.28 Å². The maximum absolute atomic E-state index is 5.73. The molecule has 0 spiro atoms. The van der Waals surface area contributed by atoms with Crippen molar-refractivity contribution in [2.24, 2.45) is 0 Å². The molecule has 1 N–H and O–H groups in total. The minimum absolute atomic E-state index is 0.216. The topological polar surface area (TPSA) is 50.7 Å². The summed E-state index contributed by atoms with van der Waals surface area (Å²) in [5.74, 6) is 0.534. The molecule has 1 aromatic heterocycles. The normalized spacial score (nSPS) is 17.8. The van der Waals surface area contributed by atoms with Gasteiger partial charge in [0.05, 0.1) is 6.04 Å². The van der Waals surface area contributed by atoms with Gasteiger partial charge < -0.3 is 5.32 Å². The van der Waals surface area contributed by atoms with Crippen LogP contribution in [0.4, 0.5) is 5.95 Å². The summed E-state index contributed by atoms with van der Waals surface area (Å²) in [7, 11) is 0. The SMILES string of the molecule is Clc1ncnc(N[C@H]2CCc3ccccc32)n1. The Hall–Kier alpha value is -1.68. The average molecular weight is 247 g/mol. The number of hydrogen-bond acceptors (Lipinski definition) is 4. The zero-order valence-electron chi connectivity index (χ0n) is 9.10. The van der Waals surface area contributed by atoms with Gasteiger partial charge in [-0.1, -0.05) is 24.3 Å². The lowest BCUT2D eigenvalue weighted by Crippen LogP contribution is -2.10. The summed E-state index contributed by atoms with van der Waals surface area (Å²) in [6.07, 6.45) is 3.56. The lowest BCUT2D eigenvalue weighted by atomic mass is 10.1. The molecular formula is C12H11ClN4. The average Bonchev–Trinajstić information content (AvgIpc) is 2.73. The van der Waals surface area contributed by atoms with Crippen LogP contribution in [0.5, 0.6) is 0 Å². The van der Waals surface area contributed by atoms with Crippen LogP contribution in [0.15, 0.2) is 30.6 Å². The van der Waals surface area contributed by atoms with E-state index in [1.54, 1.807) is 0 Å². The molecule has 17 heavy (non-hydrogen) atoms. The van der Waals surface area contributed by atoms with Crippen LogP contribution in [0.25, 0.3) is 0 Å². The van der Waals surface area contributed by atoms with Gasteiger partial charge in [0.1, 0.15) is 6.33 Å². The molecular weight excluding hydrogens is 236 g/mol. The molecule has 1 heterocycles. The van der Waals surface area contributed by atoms with Crippen molar-refractivity contribution in [1.29, 1.82) is 0 Å². The van der Waals surface area contributed by atoms with Crippen molar-refractivity contribution < 1.29 is 0 Å². The summed E-state index contributed by atoms with van der Waals surface area (Å²) in [6.45, 7) is 0. The predicted octanol–water partition coefficient (Wildman–Crippen LogP) is 2.62. The standard InChI is InChI=1S/C12H11ClN4/c13-11-14-7-15-12(17-11)16-10-6-5-8-3-1-2-4-9(8)10/h1-4,7,10H,5-6H2,(H,14,15,16,17)/t10-/m0/s1. The number of halogens is 1. The van der Waals surface area contributed by atoms with E-state index >= 15 is 0 Å². The molecule has 0 fully saturated rings. The first-order valence-electron chi connectivity index (χ1n) is 5.52. The number of rotatable bonds is 2. The van der Waals surface area contributed by atoms with Gasteiger partial charge in [-0.25, -0.2) is 9.97 Å². The van der Waals surface area contributed by atoms with Crippen molar-refractivity contribution in [2.75, 3.05) is 5.32 Å². The first kappa shape index (κ1) is 10.5. The Balaban J connectivity index is 1.84. The number of nitrogens with zero attached hydrogens (tertiary/aromatic N) is 3. The number of aromatic nitrogens is 3. The smallest absolute Gasteiger partial charge is 0.227 e. The van der Waals surface area contributed by atoms with Crippen LogP contribution >= 0.6 is 11.6 Å². The van der Waals surface area contributed by atoms with Crippen LogP contribution in [-0.4, -0.2) is 15.0 Å². The van der Waals surface area contributed by atoms with E-state index in [-0.39, 0.29) is 11.3 Å². The monoisotopic (exact) mass is 246 g/mol. The zero-order chi connectivity index (χ0) is 11.7. The van der Waals surface area contributed by atoms with E-state index in [1.807, 2.05) is 0 Å². The van der Waals surface area contributed by atoms with Gasteiger partial charge in [0.2, 0.25) is 11.2 Å². The summed E-state index contributed by atoms with van der Waals surface area (Å²) in [5, 5.41) is 3.51. The molecule has 1 aliphatic carbocycles. The van der Waals surface area contributed by atoms with E-state index in [2.05, 4.69) is 44.5 Å². The lowest BCUT2D eigenvalue weighted by molar-refractivity contribution is 0.749. The Kier molecular flexibility index (Phi) is 2.65. The Bertz CT molecular complexity index is 544. The first-order valence-corrected chi connectivity index (χ1v) is 5.89. The molecule has 1 aliphatic rings. The summed E-state index contributed by atoms with van der Waals surface area (Å²) in [6, 6.07) is 8.70. The molecule has 0 bridgehead atoms. The summed E-state index contributed by atoms with van der Waals surface area (Å²) >= 11 is 5.73. The van der Waals surface area contributed by atoms with E-state index in [9.17, 15) is 0 Å². The van der Waals surface area contributed by atoms with Crippen LogP contribution < -0.4 is 5.32 Å². The summed E-state index contributed by atoms with van der Waals surface area (Å²) in [5.41, 5.74) is 2.72. The largest absolute Gasteiger partial charge is 0.347 e. The molecule has 2 aromatic rings. The van der Waals surface area contributed by atoms with Crippen molar-refractivity contribution in [3.05, 3.63) is 47.0 Å². The van der Waals surface area contributed by atoms with Crippen molar-refractivity contribution in [1.82, 2.24) is 15.0 Å². The maximum atomic E-state index is 5.73. The molecule has 1 aromatic carbocycles. The van der Waals surface area contributed by atoms with Gasteiger partial charge in [-0.3, -0.25) is 0 Å². The molecule has 86 valence electrons. The highest BCUT2D eigenvalue weighted by Crippen LogP contribution is 2.32. The fourth-order valence-corrected chi connectivity index (χ4v) is 2.33. The van der Waals surface area contributed by atoms with E-state index in [0.29, 0.717) is 5.95 Å². The second kappa shape index (κ2) is 4.30. The minimum atomic E-state index is 0.216. The summed E-state index contributed by atoms with van der Waals surface area (Å²) < 4.78 is 0. The second-order valence-corrected chi connectivity index (χ2v) is 4.35. The molecule has 3 rings (SSSR count).